The number of benzene rings is 1. The molecule has 0 saturated carbocycles. The molecule has 0 radical (unpaired) electrons. The smallest absolute Gasteiger partial charge is 0.158 e. The van der Waals surface area contributed by atoms with Gasteiger partial charge in [0, 0.05) is 37.9 Å². The first-order valence-electron chi connectivity index (χ1n) is 8.15. The number of aryl methyl sites for hydroxylation is 1. The molecule has 0 atom stereocenters. The van der Waals surface area contributed by atoms with Crippen LogP contribution in [0.25, 0.3) is 11.0 Å². The third-order valence-electron chi connectivity index (χ3n) is 4.43. The Morgan fingerprint density at radius 1 is 0.920 bits per heavy atom. The van der Waals surface area contributed by atoms with Crippen molar-refractivity contribution in [2.75, 3.05) is 36.0 Å². The van der Waals surface area contributed by atoms with Gasteiger partial charge >= 0.3 is 0 Å². The van der Waals surface area contributed by atoms with Crippen molar-refractivity contribution in [2.24, 2.45) is 0 Å². The molecule has 5 nitrogen and oxygen atoms in total. The third-order valence-corrected chi connectivity index (χ3v) is 4.43. The molecule has 2 aromatic heterocycles. The van der Waals surface area contributed by atoms with Crippen LogP contribution in [0.2, 0.25) is 0 Å². The number of halogens is 2. The van der Waals surface area contributed by atoms with E-state index in [1.807, 2.05) is 24.0 Å². The van der Waals surface area contributed by atoms with Crippen molar-refractivity contribution in [2.45, 2.75) is 6.92 Å². The van der Waals surface area contributed by atoms with E-state index in [4.69, 9.17) is 0 Å². The zero-order valence-corrected chi connectivity index (χ0v) is 13.8. The van der Waals surface area contributed by atoms with E-state index < -0.39 is 11.6 Å². The standard InChI is InChI=1S/C18H17F2N5/c1-12-2-4-15-17(23-12)18(22-11-21-15)25-8-6-24(7-9-25)16-5-3-13(19)10-14(16)20/h2-5,10-11H,6-9H2,1H3. The Hall–Kier alpha value is -2.83. The van der Waals surface area contributed by atoms with Crippen LogP contribution in [-0.4, -0.2) is 41.1 Å². The van der Waals surface area contributed by atoms with Crippen LogP contribution in [0.1, 0.15) is 5.69 Å². The van der Waals surface area contributed by atoms with Crippen molar-refractivity contribution in [3.63, 3.8) is 0 Å². The molecule has 0 unspecified atom stereocenters. The number of hydrogen-bond donors (Lipinski definition) is 0. The molecule has 0 bridgehead atoms. The number of pyridine rings is 1. The molecule has 0 N–H and O–H groups in total. The Bertz CT molecular complexity index is 922. The molecular formula is C18H17F2N5. The largest absolute Gasteiger partial charge is 0.366 e. The molecule has 0 spiro atoms. The molecular weight excluding hydrogens is 324 g/mol. The summed E-state index contributed by atoms with van der Waals surface area (Å²) in [5.74, 6) is -0.292. The molecule has 1 aliphatic heterocycles. The highest BCUT2D eigenvalue weighted by atomic mass is 19.1. The van der Waals surface area contributed by atoms with E-state index >= 15 is 0 Å². The second-order valence-corrected chi connectivity index (χ2v) is 6.09. The third kappa shape index (κ3) is 2.97. The van der Waals surface area contributed by atoms with Crippen LogP contribution in [0, 0.1) is 18.6 Å². The zero-order chi connectivity index (χ0) is 17.4. The molecule has 4 rings (SSSR count). The molecule has 1 aromatic carbocycles. The summed E-state index contributed by atoms with van der Waals surface area (Å²) in [6.45, 7) is 4.54. The number of anilines is 2. The van der Waals surface area contributed by atoms with Gasteiger partial charge in [-0.05, 0) is 31.2 Å². The number of hydrogen-bond acceptors (Lipinski definition) is 5. The summed E-state index contributed by atoms with van der Waals surface area (Å²) >= 11 is 0. The highest BCUT2D eigenvalue weighted by molar-refractivity contribution is 5.85. The minimum Gasteiger partial charge on any atom is -0.366 e. The van der Waals surface area contributed by atoms with Gasteiger partial charge in [0.05, 0.1) is 11.2 Å². The van der Waals surface area contributed by atoms with E-state index in [2.05, 4.69) is 19.9 Å². The maximum Gasteiger partial charge on any atom is 0.158 e. The Kier molecular flexibility index (Phi) is 3.91. The maximum atomic E-state index is 14.0. The van der Waals surface area contributed by atoms with Crippen molar-refractivity contribution in [3.05, 3.63) is 54.0 Å². The molecule has 1 aliphatic rings. The van der Waals surface area contributed by atoms with Gasteiger partial charge in [-0.15, -0.1) is 0 Å². The Morgan fingerprint density at radius 3 is 2.44 bits per heavy atom. The highest BCUT2D eigenvalue weighted by Crippen LogP contribution is 2.25. The van der Waals surface area contributed by atoms with Crippen molar-refractivity contribution in [1.29, 1.82) is 0 Å². The van der Waals surface area contributed by atoms with Gasteiger partial charge in [-0.3, -0.25) is 0 Å². The fourth-order valence-electron chi connectivity index (χ4n) is 3.15. The second-order valence-electron chi connectivity index (χ2n) is 6.09. The molecule has 1 saturated heterocycles. The minimum absolute atomic E-state index is 0.433. The van der Waals surface area contributed by atoms with Crippen LogP contribution in [-0.2, 0) is 0 Å². The summed E-state index contributed by atoms with van der Waals surface area (Å²) in [4.78, 5) is 17.3. The number of fused-ring (bicyclic) bond motifs is 1. The van der Waals surface area contributed by atoms with E-state index in [-0.39, 0.29) is 0 Å². The van der Waals surface area contributed by atoms with Crippen LogP contribution in [0.5, 0.6) is 0 Å². The summed E-state index contributed by atoms with van der Waals surface area (Å²) in [5, 5.41) is 0. The first-order chi connectivity index (χ1) is 12.1. The van der Waals surface area contributed by atoms with Crippen molar-refractivity contribution in [1.82, 2.24) is 15.0 Å². The molecule has 1 fully saturated rings. The van der Waals surface area contributed by atoms with Gasteiger partial charge in [0.1, 0.15) is 23.5 Å². The SMILES string of the molecule is Cc1ccc2ncnc(N3CCN(c4ccc(F)cc4F)CC3)c2n1. The molecule has 128 valence electrons. The molecule has 3 heterocycles. The maximum absolute atomic E-state index is 14.0. The van der Waals surface area contributed by atoms with E-state index in [1.54, 1.807) is 6.33 Å². The van der Waals surface area contributed by atoms with Gasteiger partial charge in [-0.2, -0.15) is 0 Å². The number of nitrogens with zero attached hydrogens (tertiary/aromatic N) is 5. The predicted octanol–water partition coefficient (Wildman–Crippen LogP) is 2.94. The van der Waals surface area contributed by atoms with Crippen LogP contribution in [0.3, 0.4) is 0 Å². The molecule has 0 amide bonds. The van der Waals surface area contributed by atoms with Crippen LogP contribution in [0.4, 0.5) is 20.3 Å². The summed E-state index contributed by atoms with van der Waals surface area (Å²) < 4.78 is 27.1. The average molecular weight is 341 g/mol. The lowest BCUT2D eigenvalue weighted by atomic mass is 10.2. The van der Waals surface area contributed by atoms with E-state index in [1.165, 1.54) is 12.1 Å². The number of piperazine rings is 1. The van der Waals surface area contributed by atoms with Gasteiger partial charge in [-0.1, -0.05) is 0 Å². The van der Waals surface area contributed by atoms with Crippen molar-refractivity contribution >= 4 is 22.5 Å². The highest BCUT2D eigenvalue weighted by Gasteiger charge is 2.22. The molecule has 25 heavy (non-hydrogen) atoms. The van der Waals surface area contributed by atoms with Gasteiger partial charge in [0.25, 0.3) is 0 Å². The summed E-state index contributed by atoms with van der Waals surface area (Å²) in [5.41, 5.74) is 2.93. The zero-order valence-electron chi connectivity index (χ0n) is 13.8. The van der Waals surface area contributed by atoms with Crippen LogP contribution in [0.15, 0.2) is 36.7 Å². The quantitative estimate of drug-likeness (QED) is 0.717. The number of aromatic nitrogens is 3. The first kappa shape index (κ1) is 15.7. The average Bonchev–Trinajstić information content (AvgIpc) is 2.61. The molecule has 7 heteroatoms. The van der Waals surface area contributed by atoms with Crippen molar-refractivity contribution < 1.29 is 8.78 Å². The molecule has 3 aromatic rings. The number of rotatable bonds is 2. The Morgan fingerprint density at radius 2 is 1.68 bits per heavy atom. The lowest BCUT2D eigenvalue weighted by Gasteiger charge is -2.36. The van der Waals surface area contributed by atoms with Gasteiger partial charge in [0.15, 0.2) is 5.82 Å². The predicted molar refractivity (Wildman–Crippen MR) is 92.9 cm³/mol. The van der Waals surface area contributed by atoms with Gasteiger partial charge in [0.2, 0.25) is 0 Å². The lowest BCUT2D eigenvalue weighted by Crippen LogP contribution is -2.47. The topological polar surface area (TPSA) is 45.2 Å². The van der Waals surface area contributed by atoms with Crippen molar-refractivity contribution in [3.8, 4) is 0 Å². The van der Waals surface area contributed by atoms with E-state index in [9.17, 15) is 8.78 Å². The fourth-order valence-corrected chi connectivity index (χ4v) is 3.15. The molecule has 0 aliphatic carbocycles. The van der Waals surface area contributed by atoms with Crippen LogP contribution < -0.4 is 9.80 Å². The Balaban J connectivity index is 1.57. The summed E-state index contributed by atoms with van der Waals surface area (Å²) in [6.07, 6.45) is 1.54. The monoisotopic (exact) mass is 341 g/mol. The summed E-state index contributed by atoms with van der Waals surface area (Å²) in [7, 11) is 0. The normalized spacial score (nSPS) is 15.0. The van der Waals surface area contributed by atoms with Gasteiger partial charge in [-0.25, -0.2) is 23.7 Å². The second kappa shape index (κ2) is 6.23. The fraction of sp³-hybridized carbons (Fsp3) is 0.278. The lowest BCUT2D eigenvalue weighted by molar-refractivity contribution is 0.570. The first-order valence-corrected chi connectivity index (χ1v) is 8.15. The van der Waals surface area contributed by atoms with E-state index in [0.29, 0.717) is 31.9 Å². The Labute approximate surface area is 143 Å². The minimum atomic E-state index is -0.561. The van der Waals surface area contributed by atoms with E-state index in [0.717, 1.165) is 28.6 Å². The summed E-state index contributed by atoms with van der Waals surface area (Å²) in [6, 6.07) is 7.56. The van der Waals surface area contributed by atoms with Gasteiger partial charge < -0.3 is 9.80 Å². The van der Waals surface area contributed by atoms with Crippen LogP contribution >= 0.6 is 0 Å².